The molecule has 1 aromatic carbocycles. The molecule has 0 fully saturated rings. The molecule has 0 unspecified atom stereocenters. The van der Waals surface area contributed by atoms with E-state index in [2.05, 4.69) is 5.32 Å². The summed E-state index contributed by atoms with van der Waals surface area (Å²) in [4.78, 5) is 21.3. The van der Waals surface area contributed by atoms with Gasteiger partial charge in [0.15, 0.2) is 0 Å². The minimum atomic E-state index is -1.45. The Kier molecular flexibility index (Phi) is 6.83. The molecule has 1 rings (SSSR count). The average molecular weight is 265 g/mol. The van der Waals surface area contributed by atoms with Crippen LogP contribution in [-0.4, -0.2) is 23.5 Å². The van der Waals surface area contributed by atoms with Crippen LogP contribution < -0.4 is 5.32 Å². The molecule has 4 nitrogen and oxygen atoms in total. The standard InChI is InChI=1S/C13H17NO3.C2H6/c1-9-4-6-10(7-5-9)13(2,3)8-14-11(15)12(16)17;1-2/h4-7H,8H2,1-3H3,(H,14,15)(H,16,17);1-2H3. The number of carboxylic acid groups (broad SMARTS) is 1. The molecule has 0 spiro atoms. The molecule has 0 aliphatic rings. The van der Waals surface area contributed by atoms with Crippen molar-refractivity contribution in [1.29, 1.82) is 0 Å². The van der Waals surface area contributed by atoms with Gasteiger partial charge in [0.25, 0.3) is 0 Å². The van der Waals surface area contributed by atoms with Gasteiger partial charge < -0.3 is 10.4 Å². The van der Waals surface area contributed by atoms with E-state index in [1.165, 1.54) is 5.56 Å². The number of hydrogen-bond acceptors (Lipinski definition) is 2. The van der Waals surface area contributed by atoms with E-state index in [9.17, 15) is 9.59 Å². The van der Waals surface area contributed by atoms with Gasteiger partial charge in [0, 0.05) is 12.0 Å². The normalized spacial score (nSPS) is 10.2. The zero-order valence-electron chi connectivity index (χ0n) is 12.3. The van der Waals surface area contributed by atoms with Crippen molar-refractivity contribution in [1.82, 2.24) is 5.32 Å². The van der Waals surface area contributed by atoms with E-state index < -0.39 is 11.9 Å². The minimum Gasteiger partial charge on any atom is -0.474 e. The van der Waals surface area contributed by atoms with Crippen molar-refractivity contribution in [2.24, 2.45) is 0 Å². The molecule has 0 saturated heterocycles. The molecule has 1 aromatic rings. The molecule has 0 aliphatic carbocycles. The molecule has 0 saturated carbocycles. The Bertz CT molecular complexity index is 422. The lowest BCUT2D eigenvalue weighted by Gasteiger charge is -2.25. The van der Waals surface area contributed by atoms with Gasteiger partial charge in [-0.1, -0.05) is 57.5 Å². The highest BCUT2D eigenvalue weighted by Crippen LogP contribution is 2.22. The molecule has 0 aromatic heterocycles. The Morgan fingerprint density at radius 3 is 2.05 bits per heavy atom. The fourth-order valence-corrected chi connectivity index (χ4v) is 1.48. The summed E-state index contributed by atoms with van der Waals surface area (Å²) >= 11 is 0. The molecule has 106 valence electrons. The molecule has 0 aliphatic heterocycles. The molecule has 0 bridgehead atoms. The molecule has 0 heterocycles. The number of rotatable bonds is 3. The van der Waals surface area contributed by atoms with E-state index in [0.717, 1.165) is 5.56 Å². The average Bonchev–Trinajstić information content (AvgIpc) is 2.38. The lowest BCUT2D eigenvalue weighted by molar-refractivity contribution is -0.150. The first kappa shape index (κ1) is 17.2. The molecular weight excluding hydrogens is 242 g/mol. The van der Waals surface area contributed by atoms with Crippen molar-refractivity contribution in [3.63, 3.8) is 0 Å². The largest absolute Gasteiger partial charge is 0.474 e. The van der Waals surface area contributed by atoms with E-state index in [1.807, 2.05) is 58.9 Å². The maximum Gasteiger partial charge on any atom is 0.394 e. The maximum absolute atomic E-state index is 11.0. The summed E-state index contributed by atoms with van der Waals surface area (Å²) in [5.74, 6) is -2.42. The third-order valence-electron chi connectivity index (χ3n) is 2.72. The Hall–Kier alpha value is -1.84. The number of nitrogens with one attached hydrogen (secondary N) is 1. The summed E-state index contributed by atoms with van der Waals surface area (Å²) in [6, 6.07) is 7.97. The minimum absolute atomic E-state index is 0.293. The number of aliphatic carboxylic acids is 1. The predicted octanol–water partition coefficient (Wildman–Crippen LogP) is 2.50. The van der Waals surface area contributed by atoms with Crippen molar-refractivity contribution >= 4 is 11.9 Å². The SMILES string of the molecule is CC.Cc1ccc(C(C)(C)CNC(=O)C(=O)O)cc1. The second kappa shape index (κ2) is 7.56. The summed E-state index contributed by atoms with van der Waals surface area (Å²) < 4.78 is 0. The fourth-order valence-electron chi connectivity index (χ4n) is 1.48. The molecule has 0 radical (unpaired) electrons. The smallest absolute Gasteiger partial charge is 0.394 e. The first-order chi connectivity index (χ1) is 8.83. The van der Waals surface area contributed by atoms with Crippen LogP contribution >= 0.6 is 0 Å². The Labute approximate surface area is 114 Å². The van der Waals surface area contributed by atoms with E-state index in [-0.39, 0.29) is 5.41 Å². The van der Waals surface area contributed by atoms with Crippen LogP contribution in [0.15, 0.2) is 24.3 Å². The van der Waals surface area contributed by atoms with Crippen LogP contribution in [0.1, 0.15) is 38.8 Å². The van der Waals surface area contributed by atoms with Crippen LogP contribution in [0.4, 0.5) is 0 Å². The number of carboxylic acids is 1. The van der Waals surface area contributed by atoms with Gasteiger partial charge in [-0.25, -0.2) is 4.79 Å². The van der Waals surface area contributed by atoms with E-state index in [4.69, 9.17) is 5.11 Å². The number of carbonyl (C=O) groups excluding carboxylic acids is 1. The van der Waals surface area contributed by atoms with Gasteiger partial charge in [-0.15, -0.1) is 0 Å². The lowest BCUT2D eigenvalue weighted by atomic mass is 9.84. The molecule has 2 N–H and O–H groups in total. The second-order valence-electron chi connectivity index (χ2n) is 4.74. The zero-order chi connectivity index (χ0) is 15.1. The molecule has 19 heavy (non-hydrogen) atoms. The number of amides is 1. The van der Waals surface area contributed by atoms with Gasteiger partial charge in [-0.05, 0) is 12.5 Å². The third-order valence-corrected chi connectivity index (χ3v) is 2.72. The van der Waals surface area contributed by atoms with Crippen LogP contribution in [0.25, 0.3) is 0 Å². The summed E-state index contributed by atoms with van der Waals surface area (Å²) in [5.41, 5.74) is 1.94. The number of benzene rings is 1. The molecule has 4 heteroatoms. The summed E-state index contributed by atoms with van der Waals surface area (Å²) in [7, 11) is 0. The molecule has 0 atom stereocenters. The quantitative estimate of drug-likeness (QED) is 0.825. The number of carbonyl (C=O) groups is 2. The van der Waals surface area contributed by atoms with E-state index >= 15 is 0 Å². The second-order valence-corrected chi connectivity index (χ2v) is 4.74. The van der Waals surface area contributed by atoms with Crippen molar-refractivity contribution < 1.29 is 14.7 Å². The predicted molar refractivity (Wildman–Crippen MR) is 76.2 cm³/mol. The van der Waals surface area contributed by atoms with Gasteiger partial charge >= 0.3 is 11.9 Å². The Balaban J connectivity index is 0.00000154. The van der Waals surface area contributed by atoms with Gasteiger partial charge in [0.05, 0.1) is 0 Å². The Morgan fingerprint density at radius 1 is 1.16 bits per heavy atom. The Morgan fingerprint density at radius 2 is 1.63 bits per heavy atom. The van der Waals surface area contributed by atoms with Crippen molar-refractivity contribution in [2.45, 2.75) is 40.0 Å². The summed E-state index contributed by atoms with van der Waals surface area (Å²) in [5, 5.41) is 10.9. The van der Waals surface area contributed by atoms with Gasteiger partial charge in [0.1, 0.15) is 0 Å². The first-order valence-corrected chi connectivity index (χ1v) is 6.41. The lowest BCUT2D eigenvalue weighted by Crippen LogP contribution is -2.39. The van der Waals surface area contributed by atoms with Crippen LogP contribution in [0.3, 0.4) is 0 Å². The third kappa shape index (κ3) is 5.55. The maximum atomic E-state index is 11.0. The van der Waals surface area contributed by atoms with Gasteiger partial charge in [-0.3, -0.25) is 4.79 Å². The molecule has 1 amide bonds. The van der Waals surface area contributed by atoms with Crippen molar-refractivity contribution in [2.75, 3.05) is 6.54 Å². The van der Waals surface area contributed by atoms with Crippen LogP contribution in [0.5, 0.6) is 0 Å². The number of aryl methyl sites for hydroxylation is 1. The highest BCUT2D eigenvalue weighted by atomic mass is 16.4. The van der Waals surface area contributed by atoms with Crippen LogP contribution in [0, 0.1) is 6.92 Å². The zero-order valence-corrected chi connectivity index (χ0v) is 12.3. The van der Waals surface area contributed by atoms with Crippen molar-refractivity contribution in [3.8, 4) is 0 Å². The number of hydrogen-bond donors (Lipinski definition) is 2. The van der Waals surface area contributed by atoms with Gasteiger partial charge in [-0.2, -0.15) is 0 Å². The van der Waals surface area contributed by atoms with Gasteiger partial charge in [0.2, 0.25) is 0 Å². The van der Waals surface area contributed by atoms with E-state index in [1.54, 1.807) is 0 Å². The highest BCUT2D eigenvalue weighted by molar-refractivity contribution is 6.31. The van der Waals surface area contributed by atoms with Crippen LogP contribution in [0.2, 0.25) is 0 Å². The molecular formula is C15H23NO3. The van der Waals surface area contributed by atoms with Crippen LogP contribution in [-0.2, 0) is 15.0 Å². The topological polar surface area (TPSA) is 66.4 Å². The fraction of sp³-hybridized carbons (Fsp3) is 0.467. The summed E-state index contributed by atoms with van der Waals surface area (Å²) in [6.45, 7) is 10.2. The first-order valence-electron chi connectivity index (χ1n) is 6.41. The monoisotopic (exact) mass is 265 g/mol. The summed E-state index contributed by atoms with van der Waals surface area (Å²) in [6.07, 6.45) is 0. The highest BCUT2D eigenvalue weighted by Gasteiger charge is 2.22. The van der Waals surface area contributed by atoms with Crippen molar-refractivity contribution in [3.05, 3.63) is 35.4 Å². The van der Waals surface area contributed by atoms with E-state index in [0.29, 0.717) is 6.54 Å².